The van der Waals surface area contributed by atoms with E-state index in [9.17, 15) is 24.3 Å². The number of aliphatic hydroxyl groups excluding tert-OH is 1. The van der Waals surface area contributed by atoms with Gasteiger partial charge >= 0.3 is 11.9 Å². The average Bonchev–Trinajstić information content (AvgIpc) is 2.92. The summed E-state index contributed by atoms with van der Waals surface area (Å²) >= 11 is 0. The monoisotopic (exact) mass is 317 g/mol. The molecule has 1 heterocycles. The van der Waals surface area contributed by atoms with Gasteiger partial charge in [-0.15, -0.1) is 0 Å². The molecule has 0 unspecified atom stereocenters. The predicted molar refractivity (Wildman–Crippen MR) is 71.6 cm³/mol. The van der Waals surface area contributed by atoms with Gasteiger partial charge in [0.1, 0.15) is 12.1 Å². The average molecular weight is 317 g/mol. The van der Waals surface area contributed by atoms with Gasteiger partial charge in [-0.25, -0.2) is 4.79 Å². The fraction of sp³-hybridized carbons (Fsp3) is 0.667. The number of nitrogens with one attached hydrogen (secondary N) is 1. The fourth-order valence-corrected chi connectivity index (χ4v) is 2.23. The van der Waals surface area contributed by atoms with Crippen molar-refractivity contribution >= 4 is 23.8 Å². The van der Waals surface area contributed by atoms with Crippen molar-refractivity contribution < 1.29 is 34.5 Å². The molecule has 1 fully saturated rings. The number of hydrogen-bond acceptors (Lipinski definition) is 6. The number of nitrogens with zero attached hydrogens (tertiary/aromatic N) is 1. The second kappa shape index (κ2) is 7.71. The molecule has 3 atom stereocenters. The lowest BCUT2D eigenvalue weighted by Gasteiger charge is -2.26. The summed E-state index contributed by atoms with van der Waals surface area (Å²) in [6, 6.07) is -3.72. The van der Waals surface area contributed by atoms with Crippen LogP contribution in [-0.2, 0) is 19.2 Å². The van der Waals surface area contributed by atoms with Crippen LogP contribution in [0.15, 0.2) is 0 Å². The summed E-state index contributed by atoms with van der Waals surface area (Å²) in [6.07, 6.45) is 0.179. The van der Waals surface area contributed by atoms with Gasteiger partial charge in [0, 0.05) is 6.54 Å². The van der Waals surface area contributed by atoms with Gasteiger partial charge in [-0.05, 0) is 12.8 Å². The van der Waals surface area contributed by atoms with E-state index >= 15 is 0 Å². The van der Waals surface area contributed by atoms with Crippen molar-refractivity contribution in [2.45, 2.75) is 37.4 Å². The normalized spacial score (nSPS) is 20.3. The number of likely N-dealkylation sites (tertiary alicyclic amines) is 1. The largest absolute Gasteiger partial charge is 0.481 e. The molecule has 0 saturated carbocycles. The van der Waals surface area contributed by atoms with E-state index in [1.165, 1.54) is 0 Å². The number of carboxylic acids is 2. The van der Waals surface area contributed by atoms with E-state index in [0.29, 0.717) is 12.8 Å². The van der Waals surface area contributed by atoms with E-state index in [0.717, 1.165) is 4.90 Å². The van der Waals surface area contributed by atoms with Crippen LogP contribution in [0, 0.1) is 0 Å². The number of carbonyl (C=O) groups is 4. The quantitative estimate of drug-likeness (QED) is 0.338. The molecule has 0 spiro atoms. The van der Waals surface area contributed by atoms with Crippen LogP contribution in [0.2, 0.25) is 0 Å². The van der Waals surface area contributed by atoms with Gasteiger partial charge in [0.05, 0.1) is 19.1 Å². The van der Waals surface area contributed by atoms with Crippen LogP contribution in [0.1, 0.15) is 19.3 Å². The van der Waals surface area contributed by atoms with Crippen LogP contribution in [0.5, 0.6) is 0 Å². The zero-order valence-corrected chi connectivity index (χ0v) is 11.8. The maximum absolute atomic E-state index is 12.2. The maximum Gasteiger partial charge on any atom is 0.326 e. The molecule has 1 aliphatic heterocycles. The molecule has 6 N–H and O–H groups in total. The van der Waals surface area contributed by atoms with E-state index < -0.39 is 54.9 Å². The Morgan fingerprint density at radius 2 is 1.91 bits per heavy atom. The zero-order valence-electron chi connectivity index (χ0n) is 11.8. The number of aliphatic hydroxyl groups is 1. The topological polar surface area (TPSA) is 170 Å². The summed E-state index contributed by atoms with van der Waals surface area (Å²) in [7, 11) is 0. The molecule has 1 saturated heterocycles. The lowest BCUT2D eigenvalue weighted by atomic mass is 10.1. The van der Waals surface area contributed by atoms with Crippen LogP contribution < -0.4 is 11.1 Å². The van der Waals surface area contributed by atoms with Gasteiger partial charge in [0.25, 0.3) is 0 Å². The first-order valence-corrected chi connectivity index (χ1v) is 6.69. The molecule has 0 aliphatic carbocycles. The van der Waals surface area contributed by atoms with Gasteiger partial charge in [-0.2, -0.15) is 0 Å². The van der Waals surface area contributed by atoms with Crippen molar-refractivity contribution in [3.63, 3.8) is 0 Å². The summed E-state index contributed by atoms with van der Waals surface area (Å²) in [5.74, 6) is -4.07. The Morgan fingerprint density at radius 1 is 1.27 bits per heavy atom. The molecule has 22 heavy (non-hydrogen) atoms. The lowest BCUT2D eigenvalue weighted by molar-refractivity contribution is -0.150. The lowest BCUT2D eigenvalue weighted by Crippen LogP contribution is -2.56. The Hall–Kier alpha value is -2.20. The minimum atomic E-state index is -1.37. The van der Waals surface area contributed by atoms with Crippen molar-refractivity contribution in [3.05, 3.63) is 0 Å². The van der Waals surface area contributed by atoms with Crippen LogP contribution in [0.4, 0.5) is 0 Å². The van der Waals surface area contributed by atoms with Crippen LogP contribution >= 0.6 is 0 Å². The summed E-state index contributed by atoms with van der Waals surface area (Å²) < 4.78 is 0. The molecule has 124 valence electrons. The van der Waals surface area contributed by atoms with E-state index in [4.69, 9.17) is 15.9 Å². The number of rotatable bonds is 7. The third kappa shape index (κ3) is 4.40. The minimum absolute atomic E-state index is 0.212. The third-order valence-corrected chi connectivity index (χ3v) is 3.35. The minimum Gasteiger partial charge on any atom is -0.481 e. The Kier molecular flexibility index (Phi) is 6.25. The van der Waals surface area contributed by atoms with Gasteiger partial charge in [0.15, 0.2) is 0 Å². The Morgan fingerprint density at radius 3 is 2.41 bits per heavy atom. The van der Waals surface area contributed by atoms with Gasteiger partial charge in [-0.3, -0.25) is 14.4 Å². The summed E-state index contributed by atoms with van der Waals surface area (Å²) in [6.45, 7) is -0.531. The van der Waals surface area contributed by atoms with Crippen molar-refractivity contribution in [3.8, 4) is 0 Å². The van der Waals surface area contributed by atoms with Gasteiger partial charge in [-0.1, -0.05) is 0 Å². The fourth-order valence-electron chi connectivity index (χ4n) is 2.23. The molecule has 1 aliphatic rings. The molecule has 1 rings (SSSR count). The molecule has 0 aromatic heterocycles. The van der Waals surface area contributed by atoms with Crippen molar-refractivity contribution in [1.82, 2.24) is 10.2 Å². The van der Waals surface area contributed by atoms with Crippen LogP contribution in [0.3, 0.4) is 0 Å². The summed E-state index contributed by atoms with van der Waals surface area (Å²) in [4.78, 5) is 46.5. The van der Waals surface area contributed by atoms with Crippen molar-refractivity contribution in [1.29, 1.82) is 0 Å². The van der Waals surface area contributed by atoms with Gasteiger partial charge < -0.3 is 31.3 Å². The second-order valence-electron chi connectivity index (χ2n) is 4.98. The zero-order chi connectivity index (χ0) is 16.9. The predicted octanol–water partition coefficient (Wildman–Crippen LogP) is -2.66. The van der Waals surface area contributed by atoms with Crippen LogP contribution in [0.25, 0.3) is 0 Å². The molecule has 0 aromatic rings. The number of carboxylic acid groups (broad SMARTS) is 2. The number of hydrogen-bond donors (Lipinski definition) is 5. The first-order valence-electron chi connectivity index (χ1n) is 6.69. The van der Waals surface area contributed by atoms with Crippen molar-refractivity contribution in [2.24, 2.45) is 5.73 Å². The molecule has 10 nitrogen and oxygen atoms in total. The van der Waals surface area contributed by atoms with Crippen LogP contribution in [-0.4, -0.2) is 75.2 Å². The molecule has 0 aromatic carbocycles. The molecular formula is C12H19N3O7. The standard InChI is InChI=1S/C12H19N3O7/c13-6(4-9(17)18)10(19)14-7(5-16)11(20)15-3-1-2-8(15)12(21)22/h6-8,16H,1-5,13H2,(H,14,19)(H,17,18)(H,21,22)/t6-,7-,8+/m0/s1. The number of aliphatic carboxylic acids is 2. The third-order valence-electron chi connectivity index (χ3n) is 3.35. The Balaban J connectivity index is 2.70. The number of nitrogens with two attached hydrogens (primary N) is 1. The smallest absolute Gasteiger partial charge is 0.326 e. The highest BCUT2D eigenvalue weighted by Crippen LogP contribution is 2.18. The molecule has 10 heteroatoms. The van der Waals surface area contributed by atoms with Gasteiger partial charge in [0.2, 0.25) is 11.8 Å². The van der Waals surface area contributed by atoms with E-state index in [-0.39, 0.29) is 6.54 Å². The highest BCUT2D eigenvalue weighted by atomic mass is 16.4. The summed E-state index contributed by atoms with van der Waals surface area (Å²) in [5, 5.41) is 29.0. The van der Waals surface area contributed by atoms with E-state index in [1.807, 2.05) is 0 Å². The van der Waals surface area contributed by atoms with E-state index in [2.05, 4.69) is 5.32 Å². The number of carbonyl (C=O) groups excluding carboxylic acids is 2. The summed E-state index contributed by atoms with van der Waals surface area (Å²) in [5.41, 5.74) is 5.36. The first kappa shape index (κ1) is 17.9. The molecule has 0 radical (unpaired) electrons. The Labute approximate surface area is 125 Å². The Bertz CT molecular complexity index is 468. The highest BCUT2D eigenvalue weighted by Gasteiger charge is 2.37. The second-order valence-corrected chi connectivity index (χ2v) is 4.98. The number of amides is 2. The molecule has 0 bridgehead atoms. The van der Waals surface area contributed by atoms with Crippen molar-refractivity contribution in [2.75, 3.05) is 13.2 Å². The molecule has 2 amide bonds. The van der Waals surface area contributed by atoms with E-state index in [1.54, 1.807) is 0 Å². The first-order chi connectivity index (χ1) is 10.3. The molecular weight excluding hydrogens is 298 g/mol. The highest BCUT2D eigenvalue weighted by molar-refractivity contribution is 5.93. The SMILES string of the molecule is N[C@@H](CC(=O)O)C(=O)N[C@@H](CO)C(=O)N1CCC[C@@H]1C(=O)O. The maximum atomic E-state index is 12.2.